The second-order valence-corrected chi connectivity index (χ2v) is 4.26. The van der Waals surface area contributed by atoms with E-state index in [-0.39, 0.29) is 3.74 Å². The van der Waals surface area contributed by atoms with Crippen molar-refractivity contribution in [2.24, 2.45) is 0 Å². The van der Waals surface area contributed by atoms with Gasteiger partial charge in [-0.15, -0.1) is 0 Å². The van der Waals surface area contributed by atoms with Crippen LogP contribution in [0.25, 0.3) is 0 Å². The maximum absolute atomic E-state index is 11.3. The van der Waals surface area contributed by atoms with Crippen LogP contribution in [0.3, 0.4) is 0 Å². The molecule has 0 saturated carbocycles. The van der Waals surface area contributed by atoms with Crippen LogP contribution in [-0.4, -0.2) is 21.6 Å². The van der Waals surface area contributed by atoms with E-state index in [1.54, 1.807) is 0 Å². The smallest absolute Gasteiger partial charge is 0.117 e. The first kappa shape index (κ1) is 7.85. The van der Waals surface area contributed by atoms with E-state index in [0.717, 1.165) is 0 Å². The summed E-state index contributed by atoms with van der Waals surface area (Å²) < 4.78 is 11.0. The molecule has 0 aliphatic rings. The number of aliphatic hydroxyl groups is 1. The SMILES string of the molecule is OC(CF)C(Br)Br. The topological polar surface area (TPSA) is 20.2 Å². The Balaban J connectivity index is 3.14. The largest absolute Gasteiger partial charge is 0.388 e. The molecule has 0 aromatic rings. The van der Waals surface area contributed by atoms with Crippen LogP contribution < -0.4 is 0 Å². The summed E-state index contributed by atoms with van der Waals surface area (Å²) in [7, 11) is 0. The van der Waals surface area contributed by atoms with Crippen molar-refractivity contribution in [3.63, 3.8) is 0 Å². The molecule has 0 aromatic carbocycles. The molecule has 0 bridgehead atoms. The lowest BCUT2D eigenvalue weighted by Gasteiger charge is -2.03. The Labute approximate surface area is 58.2 Å². The van der Waals surface area contributed by atoms with Gasteiger partial charge in [0.15, 0.2) is 0 Å². The summed E-state index contributed by atoms with van der Waals surface area (Å²) >= 11 is 5.85. The summed E-state index contributed by atoms with van der Waals surface area (Å²) in [6.45, 7) is -0.721. The normalized spacial score (nSPS) is 15.0. The molecule has 44 valence electrons. The molecule has 0 radical (unpaired) electrons. The van der Waals surface area contributed by atoms with Gasteiger partial charge < -0.3 is 5.11 Å². The number of aliphatic hydroxyl groups excluding tert-OH is 1. The quantitative estimate of drug-likeness (QED) is 0.719. The van der Waals surface area contributed by atoms with E-state index in [4.69, 9.17) is 5.11 Å². The predicted molar refractivity (Wildman–Crippen MR) is 33.6 cm³/mol. The van der Waals surface area contributed by atoms with E-state index in [1.165, 1.54) is 0 Å². The molecule has 0 aliphatic heterocycles. The van der Waals surface area contributed by atoms with Gasteiger partial charge in [0.05, 0.1) is 3.74 Å². The number of halogens is 3. The van der Waals surface area contributed by atoms with E-state index in [2.05, 4.69) is 31.9 Å². The Hall–Kier alpha value is 0.850. The van der Waals surface area contributed by atoms with Gasteiger partial charge >= 0.3 is 0 Å². The summed E-state index contributed by atoms with van der Waals surface area (Å²) in [5.74, 6) is 0. The fourth-order valence-electron chi connectivity index (χ4n) is 0.0673. The summed E-state index contributed by atoms with van der Waals surface area (Å²) in [6.07, 6.45) is -0.931. The molecule has 4 heteroatoms. The van der Waals surface area contributed by atoms with Crippen molar-refractivity contribution in [3.05, 3.63) is 0 Å². The van der Waals surface area contributed by atoms with Crippen LogP contribution in [0.1, 0.15) is 0 Å². The van der Waals surface area contributed by atoms with E-state index >= 15 is 0 Å². The lowest BCUT2D eigenvalue weighted by atomic mass is 10.5. The van der Waals surface area contributed by atoms with E-state index in [1.807, 2.05) is 0 Å². The van der Waals surface area contributed by atoms with Crippen LogP contribution in [0.2, 0.25) is 0 Å². The van der Waals surface area contributed by atoms with Gasteiger partial charge in [-0.1, -0.05) is 31.9 Å². The van der Waals surface area contributed by atoms with Crippen molar-refractivity contribution < 1.29 is 9.50 Å². The molecule has 0 amide bonds. The fourth-order valence-corrected chi connectivity index (χ4v) is 0.350. The highest BCUT2D eigenvalue weighted by Crippen LogP contribution is 2.12. The third-order valence-corrected chi connectivity index (χ3v) is 1.67. The highest BCUT2D eigenvalue weighted by atomic mass is 79.9. The minimum atomic E-state index is -0.931. The Morgan fingerprint density at radius 3 is 2.00 bits per heavy atom. The zero-order valence-corrected chi connectivity index (χ0v) is 6.61. The van der Waals surface area contributed by atoms with Crippen molar-refractivity contribution in [2.45, 2.75) is 9.84 Å². The van der Waals surface area contributed by atoms with E-state index < -0.39 is 12.8 Å². The van der Waals surface area contributed by atoms with Crippen molar-refractivity contribution >= 4 is 31.9 Å². The summed E-state index contributed by atoms with van der Waals surface area (Å²) in [5.41, 5.74) is 0. The average molecular weight is 236 g/mol. The van der Waals surface area contributed by atoms with E-state index in [0.29, 0.717) is 0 Å². The molecule has 1 N–H and O–H groups in total. The Morgan fingerprint density at radius 2 is 2.00 bits per heavy atom. The highest BCUT2D eigenvalue weighted by Gasteiger charge is 2.09. The first-order chi connectivity index (χ1) is 3.18. The molecule has 0 fully saturated rings. The number of alkyl halides is 3. The van der Waals surface area contributed by atoms with Gasteiger partial charge in [-0.2, -0.15) is 0 Å². The minimum Gasteiger partial charge on any atom is -0.388 e. The number of hydrogen-bond donors (Lipinski definition) is 1. The van der Waals surface area contributed by atoms with E-state index in [9.17, 15) is 4.39 Å². The molecular formula is C3H5Br2FO. The molecule has 7 heavy (non-hydrogen) atoms. The summed E-state index contributed by atoms with van der Waals surface area (Å²) in [4.78, 5) is 0. The van der Waals surface area contributed by atoms with Crippen LogP contribution in [-0.2, 0) is 0 Å². The second kappa shape index (κ2) is 3.80. The predicted octanol–water partition coefficient (Wildman–Crippen LogP) is 1.43. The second-order valence-electron chi connectivity index (χ2n) is 1.06. The summed E-state index contributed by atoms with van der Waals surface area (Å²) in [5, 5.41) is 8.47. The molecular weight excluding hydrogens is 231 g/mol. The van der Waals surface area contributed by atoms with Gasteiger partial charge in [0.2, 0.25) is 0 Å². The van der Waals surface area contributed by atoms with Crippen LogP contribution in [0.4, 0.5) is 4.39 Å². The molecule has 0 rings (SSSR count). The third kappa shape index (κ3) is 3.43. The van der Waals surface area contributed by atoms with Gasteiger partial charge in [-0.3, -0.25) is 0 Å². The zero-order valence-electron chi connectivity index (χ0n) is 3.44. The van der Waals surface area contributed by atoms with Gasteiger partial charge in [-0.25, -0.2) is 4.39 Å². The molecule has 1 atom stereocenters. The maximum Gasteiger partial charge on any atom is 0.117 e. The van der Waals surface area contributed by atoms with Crippen LogP contribution in [0.15, 0.2) is 0 Å². The van der Waals surface area contributed by atoms with Crippen molar-refractivity contribution in [2.75, 3.05) is 6.67 Å². The van der Waals surface area contributed by atoms with Gasteiger partial charge in [0, 0.05) is 0 Å². The average Bonchev–Trinajstić information content (AvgIpc) is 1.65. The summed E-state index contributed by atoms with van der Waals surface area (Å²) in [6, 6.07) is 0. The Morgan fingerprint density at radius 1 is 1.57 bits per heavy atom. The highest BCUT2D eigenvalue weighted by molar-refractivity contribution is 9.24. The van der Waals surface area contributed by atoms with Crippen LogP contribution >= 0.6 is 31.9 Å². The monoisotopic (exact) mass is 234 g/mol. The molecule has 0 aliphatic carbocycles. The Kier molecular flexibility index (Phi) is 4.27. The van der Waals surface area contributed by atoms with Crippen LogP contribution in [0.5, 0.6) is 0 Å². The van der Waals surface area contributed by atoms with Crippen molar-refractivity contribution in [1.82, 2.24) is 0 Å². The Bertz CT molecular complexity index is 50.2. The minimum absolute atomic E-state index is 0.329. The molecule has 0 saturated heterocycles. The third-order valence-electron chi connectivity index (χ3n) is 0.449. The molecule has 0 aromatic heterocycles. The molecule has 1 unspecified atom stereocenters. The number of hydrogen-bond acceptors (Lipinski definition) is 1. The van der Waals surface area contributed by atoms with Crippen LogP contribution in [0, 0.1) is 0 Å². The first-order valence-corrected chi connectivity index (χ1v) is 3.53. The lowest BCUT2D eigenvalue weighted by Crippen LogP contribution is -2.16. The molecule has 0 spiro atoms. The van der Waals surface area contributed by atoms with Gasteiger partial charge in [-0.05, 0) is 0 Å². The first-order valence-electron chi connectivity index (χ1n) is 1.70. The lowest BCUT2D eigenvalue weighted by molar-refractivity contribution is 0.158. The van der Waals surface area contributed by atoms with Crippen molar-refractivity contribution in [1.29, 1.82) is 0 Å². The maximum atomic E-state index is 11.3. The fraction of sp³-hybridized carbons (Fsp3) is 1.00. The molecule has 1 nitrogen and oxygen atoms in total. The van der Waals surface area contributed by atoms with Crippen molar-refractivity contribution in [3.8, 4) is 0 Å². The molecule has 0 heterocycles. The van der Waals surface area contributed by atoms with Gasteiger partial charge in [0.1, 0.15) is 12.8 Å². The van der Waals surface area contributed by atoms with Gasteiger partial charge in [0.25, 0.3) is 0 Å². The zero-order chi connectivity index (χ0) is 5.86. The number of rotatable bonds is 2. The standard InChI is InChI=1S/C3H5Br2FO/c4-3(5)2(7)1-6/h2-3,7H,1H2.